The molecule has 1 nitrogen and oxygen atoms in total. The number of benzene rings is 2. The van der Waals surface area contributed by atoms with E-state index in [0.29, 0.717) is 12.0 Å². The van der Waals surface area contributed by atoms with Crippen LogP contribution >= 0.6 is 0 Å². The number of carbonyl (C=O) groups is 1. The lowest BCUT2D eigenvalue weighted by atomic mass is 9.91. The highest BCUT2D eigenvalue weighted by Gasteiger charge is 2.16. The van der Waals surface area contributed by atoms with Crippen LogP contribution in [0.5, 0.6) is 0 Å². The van der Waals surface area contributed by atoms with Gasteiger partial charge in [-0.1, -0.05) is 43.3 Å². The van der Waals surface area contributed by atoms with Crippen molar-refractivity contribution in [3.8, 4) is 0 Å². The first-order valence-corrected chi connectivity index (χ1v) is 6.42. The van der Waals surface area contributed by atoms with E-state index in [1.54, 1.807) is 6.07 Å². The normalized spacial score (nSPS) is 12.2. The molecule has 0 fully saturated rings. The fourth-order valence-electron chi connectivity index (χ4n) is 2.17. The topological polar surface area (TPSA) is 17.1 Å². The fraction of sp³-hybridized carbons (Fsp3) is 0.235. The molecular formula is C17H17FO. The van der Waals surface area contributed by atoms with Crippen molar-refractivity contribution in [1.82, 2.24) is 0 Å². The van der Waals surface area contributed by atoms with Gasteiger partial charge in [0.05, 0.1) is 0 Å². The molecule has 0 radical (unpaired) electrons. The number of aryl methyl sites for hydroxylation is 1. The van der Waals surface area contributed by atoms with E-state index in [1.165, 1.54) is 12.1 Å². The Bertz CT molecular complexity index is 575. The van der Waals surface area contributed by atoms with Crippen molar-refractivity contribution in [1.29, 1.82) is 0 Å². The summed E-state index contributed by atoms with van der Waals surface area (Å²) in [4.78, 5) is 12.3. The third kappa shape index (κ3) is 3.28. The van der Waals surface area contributed by atoms with Gasteiger partial charge in [0.2, 0.25) is 0 Å². The summed E-state index contributed by atoms with van der Waals surface area (Å²) in [7, 11) is 0. The molecule has 0 amide bonds. The van der Waals surface area contributed by atoms with Crippen LogP contribution in [-0.4, -0.2) is 5.78 Å². The van der Waals surface area contributed by atoms with Gasteiger partial charge in [0.1, 0.15) is 5.82 Å². The van der Waals surface area contributed by atoms with Crippen LogP contribution in [0.25, 0.3) is 0 Å². The molecule has 0 heterocycles. The second-order valence-corrected chi connectivity index (χ2v) is 4.91. The average Bonchev–Trinajstić information content (AvgIpc) is 2.43. The molecule has 0 saturated carbocycles. The minimum absolute atomic E-state index is 0.101. The van der Waals surface area contributed by atoms with Crippen molar-refractivity contribution < 1.29 is 9.18 Å². The molecule has 0 aliphatic rings. The SMILES string of the molecule is Cc1ccc(F)cc1CC(C)C(=O)c1ccccc1. The first kappa shape index (κ1) is 13.5. The van der Waals surface area contributed by atoms with E-state index in [0.717, 1.165) is 11.1 Å². The molecule has 1 atom stereocenters. The molecule has 19 heavy (non-hydrogen) atoms. The summed E-state index contributed by atoms with van der Waals surface area (Å²) in [5, 5.41) is 0. The van der Waals surface area contributed by atoms with Crippen molar-refractivity contribution in [2.75, 3.05) is 0 Å². The first-order valence-electron chi connectivity index (χ1n) is 6.42. The zero-order valence-corrected chi connectivity index (χ0v) is 11.2. The average molecular weight is 256 g/mol. The number of halogens is 1. The van der Waals surface area contributed by atoms with Crippen molar-refractivity contribution in [2.45, 2.75) is 20.3 Å². The molecule has 98 valence electrons. The number of ketones is 1. The summed E-state index contributed by atoms with van der Waals surface area (Å²) in [6.07, 6.45) is 0.567. The molecular weight excluding hydrogens is 239 g/mol. The van der Waals surface area contributed by atoms with Crippen molar-refractivity contribution in [3.05, 3.63) is 71.0 Å². The smallest absolute Gasteiger partial charge is 0.165 e. The Balaban J connectivity index is 2.15. The van der Waals surface area contributed by atoms with Crippen LogP contribution in [0.4, 0.5) is 4.39 Å². The van der Waals surface area contributed by atoms with Gasteiger partial charge in [-0.3, -0.25) is 4.79 Å². The lowest BCUT2D eigenvalue weighted by Gasteiger charge is -2.12. The van der Waals surface area contributed by atoms with Crippen LogP contribution in [0, 0.1) is 18.7 Å². The third-order valence-electron chi connectivity index (χ3n) is 3.34. The number of hydrogen-bond donors (Lipinski definition) is 0. The maximum atomic E-state index is 13.2. The van der Waals surface area contributed by atoms with Crippen LogP contribution in [0.2, 0.25) is 0 Å². The van der Waals surface area contributed by atoms with Crippen LogP contribution in [0.1, 0.15) is 28.4 Å². The Morgan fingerprint density at radius 3 is 2.53 bits per heavy atom. The molecule has 2 aromatic carbocycles. The van der Waals surface area contributed by atoms with Crippen LogP contribution in [-0.2, 0) is 6.42 Å². The Kier molecular flexibility index (Phi) is 4.10. The zero-order valence-electron chi connectivity index (χ0n) is 11.2. The summed E-state index contributed by atoms with van der Waals surface area (Å²) in [6, 6.07) is 13.9. The highest BCUT2D eigenvalue weighted by atomic mass is 19.1. The molecule has 0 saturated heterocycles. The van der Waals surface area contributed by atoms with Gasteiger partial charge in [-0.15, -0.1) is 0 Å². The maximum absolute atomic E-state index is 13.2. The molecule has 0 N–H and O–H groups in total. The van der Waals surface area contributed by atoms with Crippen molar-refractivity contribution >= 4 is 5.78 Å². The minimum Gasteiger partial charge on any atom is -0.294 e. The van der Waals surface area contributed by atoms with Crippen LogP contribution < -0.4 is 0 Å². The van der Waals surface area contributed by atoms with Gasteiger partial charge in [-0.2, -0.15) is 0 Å². The van der Waals surface area contributed by atoms with Gasteiger partial charge >= 0.3 is 0 Å². The van der Waals surface area contributed by atoms with E-state index in [4.69, 9.17) is 0 Å². The summed E-state index contributed by atoms with van der Waals surface area (Å²) in [6.45, 7) is 3.83. The number of rotatable bonds is 4. The summed E-state index contributed by atoms with van der Waals surface area (Å²) in [5.41, 5.74) is 2.63. The highest BCUT2D eigenvalue weighted by molar-refractivity contribution is 5.97. The number of Topliss-reactive ketones (excluding diaryl/α,β-unsaturated/α-hetero) is 1. The van der Waals surface area contributed by atoms with E-state index in [9.17, 15) is 9.18 Å². The second kappa shape index (κ2) is 5.79. The summed E-state index contributed by atoms with van der Waals surface area (Å²) < 4.78 is 13.2. The second-order valence-electron chi connectivity index (χ2n) is 4.91. The molecule has 0 aliphatic carbocycles. The standard InChI is InChI=1S/C17H17FO/c1-12-8-9-16(18)11-15(12)10-13(2)17(19)14-6-4-3-5-7-14/h3-9,11,13H,10H2,1-2H3. The van der Waals surface area contributed by atoms with Gasteiger partial charge in [-0.05, 0) is 36.6 Å². The van der Waals surface area contributed by atoms with Gasteiger partial charge in [0.25, 0.3) is 0 Å². The summed E-state index contributed by atoms with van der Waals surface area (Å²) in [5.74, 6) is -0.299. The van der Waals surface area contributed by atoms with Crippen molar-refractivity contribution in [2.24, 2.45) is 5.92 Å². The van der Waals surface area contributed by atoms with E-state index in [2.05, 4.69) is 0 Å². The Morgan fingerprint density at radius 1 is 1.16 bits per heavy atom. The van der Waals surface area contributed by atoms with E-state index < -0.39 is 0 Å². The largest absolute Gasteiger partial charge is 0.294 e. The molecule has 0 aliphatic heterocycles. The van der Waals surface area contributed by atoms with Gasteiger partial charge < -0.3 is 0 Å². The van der Waals surface area contributed by atoms with E-state index in [-0.39, 0.29) is 17.5 Å². The molecule has 2 rings (SSSR count). The van der Waals surface area contributed by atoms with Crippen molar-refractivity contribution in [3.63, 3.8) is 0 Å². The minimum atomic E-state index is -0.250. The molecule has 1 unspecified atom stereocenters. The monoisotopic (exact) mass is 256 g/mol. The fourth-order valence-corrected chi connectivity index (χ4v) is 2.17. The summed E-state index contributed by atoms with van der Waals surface area (Å²) >= 11 is 0. The lowest BCUT2D eigenvalue weighted by molar-refractivity contribution is 0.0929. The van der Waals surface area contributed by atoms with Crippen LogP contribution in [0.15, 0.2) is 48.5 Å². The predicted molar refractivity (Wildman–Crippen MR) is 74.8 cm³/mol. The number of carbonyl (C=O) groups excluding carboxylic acids is 1. The van der Waals surface area contributed by atoms with Gasteiger partial charge in [0.15, 0.2) is 5.78 Å². The molecule has 0 aromatic heterocycles. The molecule has 2 heteroatoms. The third-order valence-corrected chi connectivity index (χ3v) is 3.34. The zero-order chi connectivity index (χ0) is 13.8. The van der Waals surface area contributed by atoms with E-state index >= 15 is 0 Å². The molecule has 0 bridgehead atoms. The number of hydrogen-bond acceptors (Lipinski definition) is 1. The van der Waals surface area contributed by atoms with Crippen LogP contribution in [0.3, 0.4) is 0 Å². The Labute approximate surface area is 113 Å². The highest BCUT2D eigenvalue weighted by Crippen LogP contribution is 2.18. The quantitative estimate of drug-likeness (QED) is 0.749. The Morgan fingerprint density at radius 2 is 1.84 bits per heavy atom. The first-order chi connectivity index (χ1) is 9.08. The molecule has 0 spiro atoms. The van der Waals surface area contributed by atoms with Gasteiger partial charge in [-0.25, -0.2) is 4.39 Å². The van der Waals surface area contributed by atoms with E-state index in [1.807, 2.05) is 44.2 Å². The maximum Gasteiger partial charge on any atom is 0.165 e. The lowest BCUT2D eigenvalue weighted by Crippen LogP contribution is -2.14. The predicted octanol–water partition coefficient (Wildman–Crippen LogP) is 4.20. The molecule has 2 aromatic rings. The Hall–Kier alpha value is -1.96. The van der Waals surface area contributed by atoms with Gasteiger partial charge in [0, 0.05) is 11.5 Å².